The van der Waals surface area contributed by atoms with Crippen LogP contribution < -0.4 is 0 Å². The third-order valence-electron chi connectivity index (χ3n) is 0.659. The van der Waals surface area contributed by atoms with E-state index < -0.39 is 0 Å². The van der Waals surface area contributed by atoms with Crippen molar-refractivity contribution in [2.75, 3.05) is 6.26 Å². The normalized spacial score (nSPS) is 7.33. The van der Waals surface area contributed by atoms with Gasteiger partial charge in [0.1, 0.15) is 0 Å². The highest BCUT2D eigenvalue weighted by molar-refractivity contribution is 7.79. The first-order valence-electron chi connectivity index (χ1n) is 2.37. The highest BCUT2D eigenvalue weighted by Crippen LogP contribution is 1.92. The molecule has 0 saturated heterocycles. The summed E-state index contributed by atoms with van der Waals surface area (Å²) >= 11 is 3.53. The van der Waals surface area contributed by atoms with Crippen molar-refractivity contribution in [3.05, 3.63) is 24.2 Å². The molecule has 1 aromatic heterocycles. The number of hydrogen-bond donors (Lipinski definition) is 1. The number of aldehydes is 1. The summed E-state index contributed by atoms with van der Waals surface area (Å²) in [5.74, 6) is 0.375. The molecule has 0 amide bonds. The Morgan fingerprint density at radius 1 is 1.67 bits per heavy atom. The van der Waals surface area contributed by atoms with Crippen LogP contribution in [-0.4, -0.2) is 12.5 Å². The average molecular weight is 144 g/mol. The van der Waals surface area contributed by atoms with Crippen molar-refractivity contribution < 1.29 is 9.21 Å². The second-order valence-corrected chi connectivity index (χ2v) is 1.13. The largest absolute Gasteiger partial charge is 0.462 e. The highest BCUT2D eigenvalue weighted by Gasteiger charge is 1.84. The molecule has 0 saturated carbocycles. The average Bonchev–Trinajstić information content (AvgIpc) is 2.43. The molecule has 1 heterocycles. The molecular formula is C6H8O2S. The van der Waals surface area contributed by atoms with E-state index in [-0.39, 0.29) is 0 Å². The lowest BCUT2D eigenvalue weighted by Crippen LogP contribution is -1.65. The summed E-state index contributed by atoms with van der Waals surface area (Å²) in [5, 5.41) is 0. The van der Waals surface area contributed by atoms with Crippen LogP contribution in [0.5, 0.6) is 0 Å². The first-order valence-corrected chi connectivity index (χ1v) is 3.26. The van der Waals surface area contributed by atoms with Crippen LogP contribution >= 0.6 is 12.6 Å². The molecule has 50 valence electrons. The molecule has 2 nitrogen and oxygen atoms in total. The van der Waals surface area contributed by atoms with E-state index in [1.165, 1.54) is 6.26 Å². The molecule has 0 aliphatic heterocycles. The minimum Gasteiger partial charge on any atom is -0.462 e. The lowest BCUT2D eigenvalue weighted by Gasteiger charge is -1.68. The lowest BCUT2D eigenvalue weighted by atomic mass is 10.5. The predicted octanol–water partition coefficient (Wildman–Crippen LogP) is 1.64. The minimum absolute atomic E-state index is 0.375. The van der Waals surface area contributed by atoms with Gasteiger partial charge in [-0.05, 0) is 18.4 Å². The molecule has 1 aromatic rings. The van der Waals surface area contributed by atoms with Gasteiger partial charge in [-0.15, -0.1) is 0 Å². The van der Waals surface area contributed by atoms with Crippen LogP contribution in [0.25, 0.3) is 0 Å². The maximum atomic E-state index is 9.77. The number of furan rings is 1. The molecule has 9 heavy (non-hydrogen) atoms. The van der Waals surface area contributed by atoms with Crippen LogP contribution in [-0.2, 0) is 0 Å². The quantitative estimate of drug-likeness (QED) is 0.479. The van der Waals surface area contributed by atoms with Crippen molar-refractivity contribution in [1.82, 2.24) is 0 Å². The Hall–Kier alpha value is -0.700. The predicted molar refractivity (Wildman–Crippen MR) is 39.0 cm³/mol. The summed E-state index contributed by atoms with van der Waals surface area (Å²) in [4.78, 5) is 9.77. The summed E-state index contributed by atoms with van der Waals surface area (Å²) < 4.78 is 4.61. The van der Waals surface area contributed by atoms with Crippen LogP contribution in [0, 0.1) is 0 Å². The van der Waals surface area contributed by atoms with E-state index in [1.807, 2.05) is 0 Å². The summed E-state index contributed by atoms with van der Waals surface area (Å²) in [6.45, 7) is 0. The number of carbonyl (C=O) groups excluding carboxylic acids is 1. The molecule has 0 aliphatic carbocycles. The number of hydrogen-bond acceptors (Lipinski definition) is 3. The van der Waals surface area contributed by atoms with Gasteiger partial charge in [0.2, 0.25) is 0 Å². The SMILES string of the molecule is CS.O=Cc1ccco1. The van der Waals surface area contributed by atoms with E-state index in [0.717, 1.165) is 0 Å². The van der Waals surface area contributed by atoms with Crippen molar-refractivity contribution >= 4 is 18.9 Å². The van der Waals surface area contributed by atoms with Crippen LogP contribution in [0.4, 0.5) is 0 Å². The second kappa shape index (κ2) is 5.44. The Kier molecular flexibility index (Phi) is 5.01. The Morgan fingerprint density at radius 2 is 2.33 bits per heavy atom. The van der Waals surface area contributed by atoms with Crippen molar-refractivity contribution in [1.29, 1.82) is 0 Å². The summed E-state index contributed by atoms with van der Waals surface area (Å²) in [5.41, 5.74) is 0. The Balaban J connectivity index is 0.000000291. The summed E-state index contributed by atoms with van der Waals surface area (Å²) in [7, 11) is 0. The molecule has 0 radical (unpaired) electrons. The van der Waals surface area contributed by atoms with Gasteiger partial charge in [0.15, 0.2) is 12.0 Å². The standard InChI is InChI=1S/C5H4O2.CH4S/c6-4-5-2-1-3-7-5;1-2/h1-4H;2H,1H3. The van der Waals surface area contributed by atoms with Crippen molar-refractivity contribution in [3.63, 3.8) is 0 Å². The zero-order valence-corrected chi connectivity index (χ0v) is 5.97. The van der Waals surface area contributed by atoms with Crippen LogP contribution in [0.2, 0.25) is 0 Å². The minimum atomic E-state index is 0.375. The van der Waals surface area contributed by atoms with Gasteiger partial charge in [-0.2, -0.15) is 12.6 Å². The molecule has 0 bridgehead atoms. The lowest BCUT2D eigenvalue weighted by molar-refractivity contribution is 0.110. The topological polar surface area (TPSA) is 30.2 Å². The Labute approximate surface area is 59.3 Å². The fourth-order valence-corrected chi connectivity index (χ4v) is 0.358. The first-order chi connectivity index (χ1) is 4.43. The van der Waals surface area contributed by atoms with Gasteiger partial charge >= 0.3 is 0 Å². The fraction of sp³-hybridized carbons (Fsp3) is 0.167. The van der Waals surface area contributed by atoms with Crippen molar-refractivity contribution in [2.24, 2.45) is 0 Å². The molecule has 0 N–H and O–H groups in total. The van der Waals surface area contributed by atoms with Gasteiger partial charge in [-0.3, -0.25) is 4.79 Å². The van der Waals surface area contributed by atoms with Gasteiger partial charge in [0.05, 0.1) is 6.26 Å². The molecular weight excluding hydrogens is 136 g/mol. The monoisotopic (exact) mass is 144 g/mol. The Morgan fingerprint density at radius 3 is 2.56 bits per heavy atom. The third-order valence-corrected chi connectivity index (χ3v) is 0.659. The number of thiol groups is 1. The van der Waals surface area contributed by atoms with Gasteiger partial charge < -0.3 is 4.42 Å². The maximum absolute atomic E-state index is 9.77. The maximum Gasteiger partial charge on any atom is 0.185 e. The number of carbonyl (C=O) groups is 1. The van der Waals surface area contributed by atoms with Crippen LogP contribution in [0.15, 0.2) is 22.8 Å². The molecule has 3 heteroatoms. The van der Waals surface area contributed by atoms with Gasteiger partial charge in [0.25, 0.3) is 0 Å². The van der Waals surface area contributed by atoms with Crippen molar-refractivity contribution in [3.8, 4) is 0 Å². The molecule has 0 aromatic carbocycles. The molecule has 0 atom stereocenters. The van der Waals surface area contributed by atoms with E-state index in [2.05, 4.69) is 17.0 Å². The van der Waals surface area contributed by atoms with E-state index in [1.54, 1.807) is 18.4 Å². The first kappa shape index (κ1) is 8.30. The van der Waals surface area contributed by atoms with E-state index in [0.29, 0.717) is 12.0 Å². The van der Waals surface area contributed by atoms with Gasteiger partial charge in [-0.1, -0.05) is 0 Å². The summed E-state index contributed by atoms with van der Waals surface area (Å²) in [6, 6.07) is 3.27. The number of rotatable bonds is 1. The van der Waals surface area contributed by atoms with E-state index >= 15 is 0 Å². The van der Waals surface area contributed by atoms with Gasteiger partial charge in [-0.25, -0.2) is 0 Å². The van der Waals surface area contributed by atoms with Crippen molar-refractivity contribution in [2.45, 2.75) is 0 Å². The summed E-state index contributed by atoms with van der Waals surface area (Å²) in [6.07, 6.45) is 3.82. The Bertz CT molecular complexity index is 146. The molecule has 0 fully saturated rings. The van der Waals surface area contributed by atoms with E-state index in [4.69, 9.17) is 0 Å². The molecule has 1 rings (SSSR count). The zero-order valence-electron chi connectivity index (χ0n) is 5.07. The molecule has 0 aliphatic rings. The molecule has 0 unspecified atom stereocenters. The second-order valence-electron chi connectivity index (χ2n) is 1.13. The van der Waals surface area contributed by atoms with Crippen LogP contribution in [0.3, 0.4) is 0 Å². The van der Waals surface area contributed by atoms with E-state index in [9.17, 15) is 4.79 Å². The third kappa shape index (κ3) is 2.98. The van der Waals surface area contributed by atoms with Gasteiger partial charge in [0, 0.05) is 0 Å². The zero-order chi connectivity index (χ0) is 7.11. The molecule has 0 spiro atoms. The fourth-order valence-electron chi connectivity index (χ4n) is 0.358. The van der Waals surface area contributed by atoms with Crippen LogP contribution in [0.1, 0.15) is 10.6 Å². The smallest absolute Gasteiger partial charge is 0.185 e. The highest BCUT2D eigenvalue weighted by atomic mass is 32.1.